The highest BCUT2D eigenvalue weighted by atomic mass is 16.5. The van der Waals surface area contributed by atoms with E-state index >= 15 is 0 Å². The van der Waals surface area contributed by atoms with E-state index in [4.69, 9.17) is 10.5 Å². The van der Waals surface area contributed by atoms with Gasteiger partial charge in [0, 0.05) is 7.05 Å². The molecule has 0 bridgehead atoms. The van der Waals surface area contributed by atoms with Crippen LogP contribution in [-0.4, -0.2) is 27.9 Å². The number of aromatic nitrogens is 2. The zero-order valence-electron chi connectivity index (χ0n) is 11.1. The normalized spacial score (nSPS) is 20.5. The van der Waals surface area contributed by atoms with E-state index in [1.807, 2.05) is 11.9 Å². The minimum atomic E-state index is -0.883. The van der Waals surface area contributed by atoms with E-state index in [0.717, 1.165) is 11.0 Å². The Morgan fingerprint density at radius 1 is 1.45 bits per heavy atom. The number of carbonyl (C=O) groups is 2. The maximum Gasteiger partial charge on any atom is 0.329 e. The number of nitrogen functional groups attached to an aromatic ring is 1. The van der Waals surface area contributed by atoms with Crippen molar-refractivity contribution in [1.29, 1.82) is 0 Å². The number of H-pyrrole nitrogens is 1. The van der Waals surface area contributed by atoms with Gasteiger partial charge in [-0.15, -0.1) is 0 Å². The van der Waals surface area contributed by atoms with Crippen molar-refractivity contribution in [3.05, 3.63) is 26.4 Å². The Balaban J connectivity index is 2.14. The maximum absolute atomic E-state index is 11.9. The van der Waals surface area contributed by atoms with Crippen molar-refractivity contribution in [3.63, 3.8) is 0 Å². The Morgan fingerprint density at radius 2 is 2.05 bits per heavy atom. The molecular weight excluding hydrogens is 266 g/mol. The van der Waals surface area contributed by atoms with Crippen molar-refractivity contribution in [1.82, 2.24) is 9.55 Å². The molecular formula is C12H15N3O5. The lowest BCUT2D eigenvalue weighted by molar-refractivity contribution is -0.144. The predicted octanol–water partition coefficient (Wildman–Crippen LogP) is -0.962. The maximum atomic E-state index is 11.9. The van der Waals surface area contributed by atoms with Crippen LogP contribution in [0.1, 0.15) is 23.7 Å². The van der Waals surface area contributed by atoms with Crippen molar-refractivity contribution < 1.29 is 14.3 Å². The summed E-state index contributed by atoms with van der Waals surface area (Å²) in [4.78, 5) is 48.2. The molecule has 0 unspecified atom stereocenters. The summed E-state index contributed by atoms with van der Waals surface area (Å²) in [5.41, 5.74) is 3.60. The first kappa shape index (κ1) is 14.0. The summed E-state index contributed by atoms with van der Waals surface area (Å²) < 4.78 is 5.79. The molecule has 108 valence electrons. The molecule has 1 aromatic rings. The number of ketones is 1. The van der Waals surface area contributed by atoms with Gasteiger partial charge in [0.15, 0.2) is 6.61 Å². The molecule has 20 heavy (non-hydrogen) atoms. The van der Waals surface area contributed by atoms with E-state index in [1.165, 1.54) is 7.05 Å². The summed E-state index contributed by atoms with van der Waals surface area (Å²) >= 11 is 0. The fraction of sp³-hybridized carbons (Fsp3) is 0.500. The molecule has 0 radical (unpaired) electrons. The molecule has 1 aliphatic rings. The van der Waals surface area contributed by atoms with Crippen LogP contribution in [0.5, 0.6) is 0 Å². The number of hydrogen-bond acceptors (Lipinski definition) is 6. The Bertz CT molecular complexity index is 687. The van der Waals surface area contributed by atoms with Gasteiger partial charge in [0.2, 0.25) is 5.78 Å². The smallest absolute Gasteiger partial charge is 0.329 e. The SMILES string of the molecule is C[C@@H]1C[C@@H]1C(=O)OCC(=O)c1c(N)n(C)c(=O)[nH]c1=O. The van der Waals surface area contributed by atoms with Crippen molar-refractivity contribution >= 4 is 17.6 Å². The number of aromatic amines is 1. The van der Waals surface area contributed by atoms with Crippen LogP contribution in [0.25, 0.3) is 0 Å². The van der Waals surface area contributed by atoms with Gasteiger partial charge in [0.1, 0.15) is 11.4 Å². The van der Waals surface area contributed by atoms with E-state index in [2.05, 4.69) is 0 Å². The van der Waals surface area contributed by atoms with Crippen LogP contribution in [-0.2, 0) is 16.6 Å². The molecule has 2 atom stereocenters. The number of nitrogens with two attached hydrogens (primary N) is 1. The number of hydrogen-bond donors (Lipinski definition) is 2. The first-order valence-electron chi connectivity index (χ1n) is 6.11. The number of carbonyl (C=O) groups excluding carboxylic acids is 2. The fourth-order valence-corrected chi connectivity index (χ4v) is 1.87. The minimum Gasteiger partial charge on any atom is -0.457 e. The van der Waals surface area contributed by atoms with E-state index in [1.54, 1.807) is 0 Å². The second-order valence-electron chi connectivity index (χ2n) is 4.93. The molecule has 1 fully saturated rings. The third kappa shape index (κ3) is 2.49. The number of anilines is 1. The molecule has 3 N–H and O–H groups in total. The van der Waals surface area contributed by atoms with Crippen LogP contribution in [0.4, 0.5) is 5.82 Å². The monoisotopic (exact) mass is 281 g/mol. The van der Waals surface area contributed by atoms with E-state index in [-0.39, 0.29) is 23.2 Å². The molecule has 0 aromatic carbocycles. The lowest BCUT2D eigenvalue weighted by Crippen LogP contribution is -2.36. The molecule has 0 amide bonds. The number of nitrogens with zero attached hydrogens (tertiary/aromatic N) is 1. The average molecular weight is 281 g/mol. The predicted molar refractivity (Wildman–Crippen MR) is 69.3 cm³/mol. The number of rotatable bonds is 4. The average Bonchev–Trinajstić information content (AvgIpc) is 3.10. The zero-order valence-corrected chi connectivity index (χ0v) is 11.1. The molecule has 1 heterocycles. The van der Waals surface area contributed by atoms with Crippen LogP contribution in [0.15, 0.2) is 9.59 Å². The fourth-order valence-electron chi connectivity index (χ4n) is 1.87. The molecule has 0 aliphatic heterocycles. The van der Waals surface area contributed by atoms with Gasteiger partial charge < -0.3 is 10.5 Å². The molecule has 1 aromatic heterocycles. The second kappa shape index (κ2) is 4.95. The summed E-state index contributed by atoms with van der Waals surface area (Å²) in [6.07, 6.45) is 0.746. The summed E-state index contributed by atoms with van der Waals surface area (Å²) in [5, 5.41) is 0. The van der Waals surface area contributed by atoms with E-state index in [0.29, 0.717) is 0 Å². The molecule has 1 saturated carbocycles. The molecule has 2 rings (SSSR count). The Labute approximate surface area is 113 Å². The third-order valence-electron chi connectivity index (χ3n) is 3.41. The molecule has 1 aliphatic carbocycles. The van der Waals surface area contributed by atoms with Gasteiger partial charge in [-0.1, -0.05) is 6.92 Å². The highest BCUT2D eigenvalue weighted by Crippen LogP contribution is 2.38. The third-order valence-corrected chi connectivity index (χ3v) is 3.41. The van der Waals surface area contributed by atoms with Gasteiger partial charge in [0.05, 0.1) is 5.92 Å². The van der Waals surface area contributed by atoms with Crippen molar-refractivity contribution in [2.75, 3.05) is 12.3 Å². The second-order valence-corrected chi connectivity index (χ2v) is 4.93. The molecule has 8 heteroatoms. The van der Waals surface area contributed by atoms with Gasteiger partial charge in [-0.3, -0.25) is 23.9 Å². The van der Waals surface area contributed by atoms with Crippen LogP contribution < -0.4 is 17.0 Å². The molecule has 8 nitrogen and oxygen atoms in total. The van der Waals surface area contributed by atoms with Crippen LogP contribution in [0, 0.1) is 11.8 Å². The Morgan fingerprint density at radius 3 is 2.60 bits per heavy atom. The lowest BCUT2D eigenvalue weighted by atomic mass is 10.2. The van der Waals surface area contributed by atoms with E-state index < -0.39 is 29.6 Å². The Hall–Kier alpha value is -2.38. The van der Waals surface area contributed by atoms with Crippen molar-refractivity contribution in [2.24, 2.45) is 18.9 Å². The first-order chi connectivity index (χ1) is 9.32. The highest BCUT2D eigenvalue weighted by molar-refractivity contribution is 6.01. The minimum absolute atomic E-state index is 0.168. The van der Waals surface area contributed by atoms with Gasteiger partial charge in [-0.25, -0.2) is 4.79 Å². The number of nitrogens with one attached hydrogen (secondary N) is 1. The number of Topliss-reactive ketones (excluding diaryl/α,β-unsaturated/α-hetero) is 1. The molecule has 0 spiro atoms. The van der Waals surface area contributed by atoms with Gasteiger partial charge in [0.25, 0.3) is 5.56 Å². The molecule has 0 saturated heterocycles. The van der Waals surface area contributed by atoms with Crippen molar-refractivity contribution in [2.45, 2.75) is 13.3 Å². The first-order valence-corrected chi connectivity index (χ1v) is 6.11. The van der Waals surface area contributed by atoms with Gasteiger partial charge in [-0.05, 0) is 12.3 Å². The van der Waals surface area contributed by atoms with Crippen LogP contribution in [0.2, 0.25) is 0 Å². The standard InChI is InChI=1S/C12H15N3O5/c1-5-3-6(5)11(18)20-4-7(16)8-9(13)15(2)12(19)14-10(8)17/h5-6H,3-4,13H2,1-2H3,(H,14,17,19)/t5-,6+/m1/s1. The zero-order chi connectivity index (χ0) is 15.0. The van der Waals surface area contributed by atoms with Crippen LogP contribution in [0.3, 0.4) is 0 Å². The van der Waals surface area contributed by atoms with E-state index in [9.17, 15) is 19.2 Å². The van der Waals surface area contributed by atoms with Crippen molar-refractivity contribution in [3.8, 4) is 0 Å². The quantitative estimate of drug-likeness (QED) is 0.541. The topological polar surface area (TPSA) is 124 Å². The van der Waals surface area contributed by atoms with Gasteiger partial charge in [-0.2, -0.15) is 0 Å². The summed E-state index contributed by atoms with van der Waals surface area (Å²) in [6, 6.07) is 0. The largest absolute Gasteiger partial charge is 0.457 e. The highest BCUT2D eigenvalue weighted by Gasteiger charge is 2.40. The number of ether oxygens (including phenoxy) is 1. The van der Waals surface area contributed by atoms with Crippen LogP contribution >= 0.6 is 0 Å². The lowest BCUT2D eigenvalue weighted by Gasteiger charge is -2.08. The summed E-state index contributed by atoms with van der Waals surface area (Å²) in [7, 11) is 1.32. The summed E-state index contributed by atoms with van der Waals surface area (Å²) in [6.45, 7) is 1.34. The van der Waals surface area contributed by atoms with Gasteiger partial charge >= 0.3 is 11.7 Å². The summed E-state index contributed by atoms with van der Waals surface area (Å²) in [5.74, 6) is -1.34. The Kier molecular flexibility index (Phi) is 3.47. The number of esters is 1.